The molecule has 1 aromatic carbocycles. The summed E-state index contributed by atoms with van der Waals surface area (Å²) in [7, 11) is 2.00. The largest absolute Gasteiger partial charge is 0.341 e. The number of hydrogen-bond acceptors (Lipinski definition) is 3. The Bertz CT molecular complexity index is 517. The highest BCUT2D eigenvalue weighted by molar-refractivity contribution is 8.01. The number of nitrogens with zero attached hydrogens (tertiary/aromatic N) is 1. The van der Waals surface area contributed by atoms with Gasteiger partial charge in [0, 0.05) is 18.0 Å². The number of amides is 1. The van der Waals surface area contributed by atoms with Crippen LogP contribution in [-0.4, -0.2) is 42.2 Å². The normalized spacial score (nSPS) is 22.9. The Morgan fingerprint density at radius 3 is 2.62 bits per heavy atom. The predicted molar refractivity (Wildman–Crippen MR) is 104 cm³/mol. The molecule has 2 fully saturated rings. The van der Waals surface area contributed by atoms with Crippen molar-refractivity contribution in [3.8, 4) is 0 Å². The number of carbonyl (C=O) groups is 1. The molecule has 1 heterocycles. The van der Waals surface area contributed by atoms with Gasteiger partial charge in [0.25, 0.3) is 0 Å². The molecule has 1 atom stereocenters. The Hall–Kier alpha value is -0.710. The SMILES string of the molecule is CNCC1CCCN(C(=O)C2(Sc3ccccc3)CCCC2)C1.Cl. The van der Waals surface area contributed by atoms with Gasteiger partial charge >= 0.3 is 0 Å². The molecule has 3 nitrogen and oxygen atoms in total. The fraction of sp³-hybridized carbons (Fsp3) is 0.632. The second-order valence-corrected chi connectivity index (χ2v) is 8.39. The van der Waals surface area contributed by atoms with Gasteiger partial charge in [0.15, 0.2) is 0 Å². The summed E-state index contributed by atoms with van der Waals surface area (Å²) in [6, 6.07) is 10.5. The van der Waals surface area contributed by atoms with E-state index in [1.165, 1.54) is 24.2 Å². The maximum atomic E-state index is 13.4. The number of piperidine rings is 1. The smallest absolute Gasteiger partial charge is 0.239 e. The van der Waals surface area contributed by atoms with Crippen LogP contribution in [0.4, 0.5) is 0 Å². The van der Waals surface area contributed by atoms with Gasteiger partial charge in [0.05, 0.1) is 4.75 Å². The number of rotatable bonds is 5. The molecule has 0 spiro atoms. The van der Waals surface area contributed by atoms with Crippen LogP contribution in [0.15, 0.2) is 35.2 Å². The van der Waals surface area contributed by atoms with Crippen molar-refractivity contribution < 1.29 is 4.79 Å². The van der Waals surface area contributed by atoms with Crippen molar-refractivity contribution in [1.82, 2.24) is 10.2 Å². The molecule has 0 radical (unpaired) electrons. The van der Waals surface area contributed by atoms with Gasteiger partial charge in [-0.05, 0) is 57.3 Å². The molecular formula is C19H29ClN2OS. The van der Waals surface area contributed by atoms with Gasteiger partial charge in [-0.3, -0.25) is 4.79 Å². The number of likely N-dealkylation sites (tertiary alicyclic amines) is 1. The molecule has 1 amide bonds. The van der Waals surface area contributed by atoms with E-state index in [9.17, 15) is 4.79 Å². The molecule has 1 aromatic rings. The third kappa shape index (κ3) is 4.47. The van der Waals surface area contributed by atoms with Crippen molar-refractivity contribution in [3.63, 3.8) is 0 Å². The van der Waals surface area contributed by atoms with E-state index >= 15 is 0 Å². The maximum absolute atomic E-state index is 13.4. The minimum absolute atomic E-state index is 0. The van der Waals surface area contributed by atoms with Crippen LogP contribution in [0.1, 0.15) is 38.5 Å². The van der Waals surface area contributed by atoms with Crippen molar-refractivity contribution in [1.29, 1.82) is 0 Å². The highest BCUT2D eigenvalue weighted by Crippen LogP contribution is 2.46. The summed E-state index contributed by atoms with van der Waals surface area (Å²) in [5, 5.41) is 3.27. The first kappa shape index (κ1) is 19.6. The zero-order valence-corrected chi connectivity index (χ0v) is 16.1. The van der Waals surface area contributed by atoms with E-state index in [4.69, 9.17) is 0 Å². The first-order chi connectivity index (χ1) is 11.2. The molecule has 1 aliphatic carbocycles. The molecule has 1 saturated heterocycles. The van der Waals surface area contributed by atoms with Crippen LogP contribution in [-0.2, 0) is 4.79 Å². The summed E-state index contributed by atoms with van der Waals surface area (Å²) < 4.78 is -0.219. The average molecular weight is 369 g/mol. The lowest BCUT2D eigenvalue weighted by Crippen LogP contribution is -2.50. The molecule has 1 saturated carbocycles. The van der Waals surface area contributed by atoms with E-state index in [0.717, 1.165) is 38.9 Å². The molecule has 5 heteroatoms. The Balaban J connectivity index is 0.00000208. The van der Waals surface area contributed by atoms with E-state index < -0.39 is 0 Å². The quantitative estimate of drug-likeness (QED) is 0.853. The zero-order valence-electron chi connectivity index (χ0n) is 14.5. The van der Waals surface area contributed by atoms with Gasteiger partial charge in [-0.2, -0.15) is 0 Å². The first-order valence-electron chi connectivity index (χ1n) is 8.91. The molecule has 134 valence electrons. The molecule has 3 rings (SSSR count). The predicted octanol–water partition coefficient (Wildman–Crippen LogP) is 3.97. The van der Waals surface area contributed by atoms with Gasteiger partial charge < -0.3 is 10.2 Å². The number of halogens is 1. The number of hydrogen-bond donors (Lipinski definition) is 1. The van der Waals surface area contributed by atoms with Crippen molar-refractivity contribution in [2.75, 3.05) is 26.7 Å². The molecule has 24 heavy (non-hydrogen) atoms. The van der Waals surface area contributed by atoms with Crippen molar-refractivity contribution in [2.24, 2.45) is 5.92 Å². The number of benzene rings is 1. The summed E-state index contributed by atoms with van der Waals surface area (Å²) in [6.07, 6.45) is 6.80. The minimum Gasteiger partial charge on any atom is -0.341 e. The van der Waals surface area contributed by atoms with E-state index in [0.29, 0.717) is 11.8 Å². The van der Waals surface area contributed by atoms with Crippen molar-refractivity contribution in [3.05, 3.63) is 30.3 Å². The maximum Gasteiger partial charge on any atom is 0.239 e. The molecular weight excluding hydrogens is 340 g/mol. The zero-order chi connectivity index (χ0) is 16.1. The van der Waals surface area contributed by atoms with Gasteiger partial charge in [-0.1, -0.05) is 31.0 Å². The Morgan fingerprint density at radius 2 is 1.96 bits per heavy atom. The Morgan fingerprint density at radius 1 is 1.25 bits per heavy atom. The Kier molecular flexibility index (Phi) is 7.45. The third-order valence-electron chi connectivity index (χ3n) is 5.16. The fourth-order valence-electron chi connectivity index (χ4n) is 4.01. The van der Waals surface area contributed by atoms with Gasteiger partial charge in [-0.15, -0.1) is 24.2 Å². The summed E-state index contributed by atoms with van der Waals surface area (Å²) in [5.41, 5.74) is 0. The van der Waals surface area contributed by atoms with Gasteiger partial charge in [0.2, 0.25) is 5.91 Å². The summed E-state index contributed by atoms with van der Waals surface area (Å²) in [6.45, 7) is 2.88. The number of thioether (sulfide) groups is 1. The van der Waals surface area contributed by atoms with E-state index in [2.05, 4.69) is 34.5 Å². The van der Waals surface area contributed by atoms with E-state index in [-0.39, 0.29) is 17.2 Å². The number of carbonyl (C=O) groups excluding carboxylic acids is 1. The standard InChI is InChI=1S/C19H28N2OS.ClH/c1-20-14-16-8-7-13-21(15-16)18(22)19(11-5-6-12-19)23-17-9-3-2-4-10-17;/h2-4,9-10,16,20H,5-8,11-15H2,1H3;1H. The van der Waals surface area contributed by atoms with Crippen LogP contribution in [0.3, 0.4) is 0 Å². The Labute approximate surface area is 156 Å². The van der Waals surface area contributed by atoms with Crippen molar-refractivity contribution >= 4 is 30.1 Å². The number of nitrogens with one attached hydrogen (secondary N) is 1. The summed E-state index contributed by atoms with van der Waals surface area (Å²) in [5.74, 6) is 1.00. The molecule has 0 aromatic heterocycles. The van der Waals surface area contributed by atoms with Crippen LogP contribution in [0.2, 0.25) is 0 Å². The van der Waals surface area contributed by atoms with E-state index in [1.807, 2.05) is 24.9 Å². The minimum atomic E-state index is -0.219. The second-order valence-electron chi connectivity index (χ2n) is 6.93. The average Bonchev–Trinajstić information content (AvgIpc) is 3.05. The lowest BCUT2D eigenvalue weighted by Gasteiger charge is -2.38. The molecule has 1 aliphatic heterocycles. The monoisotopic (exact) mass is 368 g/mol. The van der Waals surface area contributed by atoms with Crippen molar-refractivity contribution in [2.45, 2.75) is 48.2 Å². The molecule has 0 bridgehead atoms. The highest BCUT2D eigenvalue weighted by Gasteiger charge is 2.45. The molecule has 1 unspecified atom stereocenters. The van der Waals surface area contributed by atoms with Gasteiger partial charge in [0.1, 0.15) is 0 Å². The lowest BCUT2D eigenvalue weighted by molar-refractivity contribution is -0.135. The second kappa shape index (κ2) is 9.12. The van der Waals surface area contributed by atoms with Crippen LogP contribution in [0.25, 0.3) is 0 Å². The molecule has 1 N–H and O–H groups in total. The van der Waals surface area contributed by atoms with Crippen LogP contribution in [0, 0.1) is 5.92 Å². The first-order valence-corrected chi connectivity index (χ1v) is 9.73. The van der Waals surface area contributed by atoms with Crippen LogP contribution in [0.5, 0.6) is 0 Å². The topological polar surface area (TPSA) is 32.3 Å². The molecule has 2 aliphatic rings. The lowest BCUT2D eigenvalue weighted by atomic mass is 9.95. The highest BCUT2D eigenvalue weighted by atomic mass is 35.5. The van der Waals surface area contributed by atoms with Crippen LogP contribution < -0.4 is 5.32 Å². The summed E-state index contributed by atoms with van der Waals surface area (Å²) in [4.78, 5) is 16.7. The summed E-state index contributed by atoms with van der Waals surface area (Å²) >= 11 is 1.81. The van der Waals surface area contributed by atoms with Crippen LogP contribution >= 0.6 is 24.2 Å². The van der Waals surface area contributed by atoms with E-state index in [1.54, 1.807) is 0 Å². The fourth-order valence-corrected chi connectivity index (χ4v) is 5.47. The third-order valence-corrected chi connectivity index (χ3v) is 6.64. The van der Waals surface area contributed by atoms with Gasteiger partial charge in [-0.25, -0.2) is 0 Å².